The Kier molecular flexibility index (Phi) is 34.0. The third-order valence-corrected chi connectivity index (χ3v) is 7.90. The number of hydrogen-bond donors (Lipinski definition) is 2. The molecule has 0 aromatic carbocycles. The monoisotopic (exact) mass is 718 g/mol. The molecule has 9 heteroatoms. The van der Waals surface area contributed by atoms with Gasteiger partial charge in [0.25, 0.3) is 0 Å². The highest BCUT2D eigenvalue weighted by molar-refractivity contribution is 7.46. The molecule has 0 amide bonds. The van der Waals surface area contributed by atoms with E-state index in [0.717, 1.165) is 77.0 Å². The normalized spacial score (nSPS) is 13.4. The van der Waals surface area contributed by atoms with E-state index in [9.17, 15) is 14.2 Å². The smallest absolute Gasteiger partial charge is 0.462 e. The first-order valence-electron chi connectivity index (χ1n) is 18.9. The van der Waals surface area contributed by atoms with E-state index in [1.807, 2.05) is 12.2 Å². The molecule has 0 heterocycles. The van der Waals surface area contributed by atoms with Crippen molar-refractivity contribution in [2.45, 2.75) is 148 Å². The van der Waals surface area contributed by atoms with Gasteiger partial charge in [0.1, 0.15) is 6.61 Å². The van der Waals surface area contributed by atoms with Gasteiger partial charge in [0.2, 0.25) is 0 Å². The summed E-state index contributed by atoms with van der Waals surface area (Å²) in [6, 6.07) is 0. The van der Waals surface area contributed by atoms with Crippen LogP contribution in [0.3, 0.4) is 0 Å². The summed E-state index contributed by atoms with van der Waals surface area (Å²) < 4.78 is 26.2. The molecule has 284 valence electrons. The van der Waals surface area contributed by atoms with Gasteiger partial charge in [-0.15, -0.1) is 0 Å². The lowest BCUT2D eigenvalue weighted by molar-refractivity contribution is -0.161. The SMILES string of the molecule is CC/C=C/C/C=C/C/C=C/C/C=C/C/C=C/C/C=C/CCC(=O)OC[C@H](COP(=O)(O)O)OC(=O)CCCCCCC/C=C/CCCCCC. The minimum Gasteiger partial charge on any atom is -0.462 e. The maximum absolute atomic E-state index is 12.3. The molecule has 0 spiro atoms. The molecule has 0 aliphatic rings. The first-order chi connectivity index (χ1) is 24.3. The molecule has 0 saturated heterocycles. The highest BCUT2D eigenvalue weighted by Crippen LogP contribution is 2.35. The predicted molar refractivity (Wildman–Crippen MR) is 207 cm³/mol. The first kappa shape index (κ1) is 47.2. The number of ether oxygens (including phenoxy) is 2. The highest BCUT2D eigenvalue weighted by Gasteiger charge is 2.22. The van der Waals surface area contributed by atoms with Crippen LogP contribution in [0, 0.1) is 0 Å². The Bertz CT molecular complexity index is 1080. The average Bonchev–Trinajstić information content (AvgIpc) is 3.08. The van der Waals surface area contributed by atoms with E-state index < -0.39 is 32.5 Å². The summed E-state index contributed by atoms with van der Waals surface area (Å²) in [6.07, 6.45) is 47.4. The minimum absolute atomic E-state index is 0.136. The summed E-state index contributed by atoms with van der Waals surface area (Å²) in [7, 11) is -4.77. The second-order valence-electron chi connectivity index (χ2n) is 12.2. The zero-order chi connectivity index (χ0) is 36.8. The summed E-state index contributed by atoms with van der Waals surface area (Å²) in [5, 5.41) is 0. The van der Waals surface area contributed by atoms with Gasteiger partial charge in [0, 0.05) is 12.8 Å². The van der Waals surface area contributed by atoms with Gasteiger partial charge in [-0.2, -0.15) is 0 Å². The van der Waals surface area contributed by atoms with Crippen LogP contribution in [0.25, 0.3) is 0 Å². The molecule has 1 atom stereocenters. The zero-order valence-electron chi connectivity index (χ0n) is 31.0. The Morgan fingerprint density at radius 3 is 1.52 bits per heavy atom. The Morgan fingerprint density at radius 2 is 1.00 bits per heavy atom. The molecule has 0 unspecified atom stereocenters. The maximum Gasteiger partial charge on any atom is 0.469 e. The number of rotatable bonds is 33. The molecule has 2 N–H and O–H groups in total. The number of phosphoric ester groups is 1. The molecule has 0 aliphatic carbocycles. The number of esters is 2. The van der Waals surface area contributed by atoms with Gasteiger partial charge < -0.3 is 19.3 Å². The molecule has 50 heavy (non-hydrogen) atoms. The van der Waals surface area contributed by atoms with Crippen molar-refractivity contribution < 1.29 is 37.9 Å². The summed E-state index contributed by atoms with van der Waals surface area (Å²) in [6.45, 7) is 3.46. The topological polar surface area (TPSA) is 119 Å². The molecule has 0 aromatic heterocycles. The highest BCUT2D eigenvalue weighted by atomic mass is 31.2. The van der Waals surface area contributed by atoms with Gasteiger partial charge in [-0.1, -0.05) is 137 Å². The molecule has 0 radical (unpaired) electrons. The van der Waals surface area contributed by atoms with Gasteiger partial charge in [-0.05, 0) is 77.0 Å². The van der Waals surface area contributed by atoms with Gasteiger partial charge >= 0.3 is 19.8 Å². The Morgan fingerprint density at radius 1 is 0.540 bits per heavy atom. The lowest BCUT2D eigenvalue weighted by Gasteiger charge is -2.18. The van der Waals surface area contributed by atoms with Gasteiger partial charge in [-0.3, -0.25) is 14.1 Å². The molecular formula is C41H67O8P. The van der Waals surface area contributed by atoms with E-state index >= 15 is 0 Å². The lowest BCUT2D eigenvalue weighted by atomic mass is 10.1. The van der Waals surface area contributed by atoms with Crippen molar-refractivity contribution in [3.05, 3.63) is 85.1 Å². The van der Waals surface area contributed by atoms with Crippen molar-refractivity contribution in [3.63, 3.8) is 0 Å². The summed E-state index contributed by atoms with van der Waals surface area (Å²) in [4.78, 5) is 42.6. The number of allylic oxidation sites excluding steroid dienone is 14. The molecule has 0 aliphatic heterocycles. The van der Waals surface area contributed by atoms with Crippen molar-refractivity contribution >= 4 is 19.8 Å². The predicted octanol–water partition coefficient (Wildman–Crippen LogP) is 11.3. The van der Waals surface area contributed by atoms with Crippen LogP contribution in [0.15, 0.2) is 85.1 Å². The Hall–Kier alpha value is -2.77. The van der Waals surface area contributed by atoms with Crippen LogP contribution < -0.4 is 0 Å². The second kappa shape index (κ2) is 36.0. The van der Waals surface area contributed by atoms with E-state index in [4.69, 9.17) is 19.3 Å². The quantitative estimate of drug-likeness (QED) is 0.0298. The van der Waals surface area contributed by atoms with E-state index in [0.29, 0.717) is 12.8 Å². The molecule has 0 aromatic rings. The van der Waals surface area contributed by atoms with Gasteiger partial charge in [0.05, 0.1) is 6.61 Å². The van der Waals surface area contributed by atoms with Crippen molar-refractivity contribution in [2.75, 3.05) is 13.2 Å². The lowest BCUT2D eigenvalue weighted by Crippen LogP contribution is -2.29. The van der Waals surface area contributed by atoms with E-state index in [1.54, 1.807) is 0 Å². The fourth-order valence-electron chi connectivity index (χ4n) is 4.63. The van der Waals surface area contributed by atoms with Gasteiger partial charge in [0.15, 0.2) is 6.10 Å². The van der Waals surface area contributed by atoms with E-state index in [1.165, 1.54) is 25.7 Å². The fourth-order valence-corrected chi connectivity index (χ4v) is 4.99. The molecule has 0 saturated carbocycles. The number of unbranched alkanes of at least 4 members (excludes halogenated alkanes) is 9. The van der Waals surface area contributed by atoms with E-state index in [-0.39, 0.29) is 19.4 Å². The third kappa shape index (κ3) is 38.0. The second-order valence-corrected chi connectivity index (χ2v) is 13.4. The zero-order valence-corrected chi connectivity index (χ0v) is 31.9. The van der Waals surface area contributed by atoms with Crippen LogP contribution in [0.2, 0.25) is 0 Å². The molecule has 0 rings (SSSR count). The van der Waals surface area contributed by atoms with Crippen molar-refractivity contribution in [3.8, 4) is 0 Å². The summed E-state index contributed by atoms with van der Waals surface area (Å²) in [5.74, 6) is -1.00. The maximum atomic E-state index is 12.3. The van der Waals surface area contributed by atoms with Crippen LogP contribution >= 0.6 is 7.82 Å². The van der Waals surface area contributed by atoms with Crippen LogP contribution in [0.4, 0.5) is 0 Å². The number of phosphoric acid groups is 1. The first-order valence-corrected chi connectivity index (χ1v) is 20.4. The van der Waals surface area contributed by atoms with Crippen molar-refractivity contribution in [1.82, 2.24) is 0 Å². The molecule has 8 nitrogen and oxygen atoms in total. The van der Waals surface area contributed by atoms with Crippen molar-refractivity contribution in [1.29, 1.82) is 0 Å². The number of hydrogen-bond acceptors (Lipinski definition) is 6. The van der Waals surface area contributed by atoms with Crippen molar-refractivity contribution in [2.24, 2.45) is 0 Å². The standard InChI is InChI=1S/C41H67O8P/c1-3-5-7-9-11-13-15-17-18-19-20-21-22-24-25-27-29-31-33-35-40(42)47-37-39(38-48-50(44,45)46)49-41(43)36-34-32-30-28-26-23-16-14-12-10-8-6-4-2/h5,7,11,13-14,16-18,20-21,24-25,29,31,39H,3-4,6,8-10,12,15,19,22-23,26-28,30,32-38H2,1-2H3,(H2,44,45,46)/b7-5+,13-11+,16-14+,18-17+,21-20+,25-24+,31-29+/t39-/m1/s1. The number of carbonyl (C=O) groups excluding carboxylic acids is 2. The number of carbonyl (C=O) groups is 2. The van der Waals surface area contributed by atoms with Crippen LogP contribution in [0.5, 0.6) is 0 Å². The summed E-state index contributed by atoms with van der Waals surface area (Å²) in [5.41, 5.74) is 0. The van der Waals surface area contributed by atoms with Gasteiger partial charge in [-0.25, -0.2) is 4.57 Å². The third-order valence-electron chi connectivity index (χ3n) is 7.41. The summed E-state index contributed by atoms with van der Waals surface area (Å²) >= 11 is 0. The van der Waals surface area contributed by atoms with Crippen LogP contribution in [0.1, 0.15) is 142 Å². The molecule has 0 fully saturated rings. The molecule has 0 bridgehead atoms. The van der Waals surface area contributed by atoms with Crippen LogP contribution in [-0.2, 0) is 28.2 Å². The molecular weight excluding hydrogens is 651 g/mol. The average molecular weight is 719 g/mol. The minimum atomic E-state index is -4.77. The van der Waals surface area contributed by atoms with Crippen LogP contribution in [-0.4, -0.2) is 41.0 Å². The Labute approximate surface area is 303 Å². The largest absolute Gasteiger partial charge is 0.469 e. The van der Waals surface area contributed by atoms with E-state index in [2.05, 4.69) is 91.3 Å². The fraction of sp³-hybridized carbons (Fsp3) is 0.610. The Balaban J connectivity index is 4.13.